The standard InChI is InChI=1S/C12H18N2O6/c1-3-19-9(16)5-6-12(11(18)20-4-2)10(17)13-7-8(15)14-12/h3-7H2,1-2H3,(H,13,17)(H,14,15)/t12-/m0/s1. The molecule has 0 saturated carbocycles. The summed E-state index contributed by atoms with van der Waals surface area (Å²) in [5.41, 5.74) is -1.86. The van der Waals surface area contributed by atoms with Crippen LogP contribution in [0.25, 0.3) is 0 Å². The molecule has 0 aliphatic carbocycles. The van der Waals surface area contributed by atoms with Gasteiger partial charge in [-0.1, -0.05) is 0 Å². The molecule has 2 amide bonds. The maximum atomic E-state index is 12.0. The van der Waals surface area contributed by atoms with Crippen LogP contribution in [-0.2, 0) is 28.7 Å². The van der Waals surface area contributed by atoms with E-state index < -0.39 is 29.3 Å². The molecule has 8 nitrogen and oxygen atoms in total. The number of hydrogen-bond donors (Lipinski definition) is 2. The Labute approximate surface area is 116 Å². The number of esters is 2. The average Bonchev–Trinajstić information content (AvgIpc) is 2.40. The van der Waals surface area contributed by atoms with Crippen LogP contribution in [0.15, 0.2) is 0 Å². The van der Waals surface area contributed by atoms with Crippen molar-refractivity contribution < 1.29 is 28.7 Å². The summed E-state index contributed by atoms with van der Waals surface area (Å²) in [5.74, 6) is -2.62. The lowest BCUT2D eigenvalue weighted by molar-refractivity contribution is -0.161. The van der Waals surface area contributed by atoms with E-state index in [4.69, 9.17) is 9.47 Å². The van der Waals surface area contributed by atoms with Crippen molar-refractivity contribution >= 4 is 23.8 Å². The Morgan fingerprint density at radius 2 is 1.85 bits per heavy atom. The second kappa shape index (κ2) is 6.88. The quantitative estimate of drug-likeness (QED) is 0.472. The van der Waals surface area contributed by atoms with Crippen molar-refractivity contribution in [2.24, 2.45) is 0 Å². The van der Waals surface area contributed by atoms with Crippen molar-refractivity contribution in [3.8, 4) is 0 Å². The van der Waals surface area contributed by atoms with Crippen LogP contribution in [0.1, 0.15) is 26.7 Å². The lowest BCUT2D eigenvalue weighted by atomic mass is 9.90. The predicted octanol–water partition coefficient (Wildman–Crippen LogP) is -1.12. The van der Waals surface area contributed by atoms with E-state index in [1.165, 1.54) is 0 Å². The Kier molecular flexibility index (Phi) is 5.48. The fraction of sp³-hybridized carbons (Fsp3) is 0.667. The normalized spacial score (nSPS) is 21.7. The maximum absolute atomic E-state index is 12.0. The van der Waals surface area contributed by atoms with Crippen molar-refractivity contribution in [3.05, 3.63) is 0 Å². The molecule has 20 heavy (non-hydrogen) atoms. The molecule has 1 heterocycles. The predicted molar refractivity (Wildman–Crippen MR) is 66.4 cm³/mol. The molecule has 0 unspecified atom stereocenters. The molecule has 0 spiro atoms. The number of nitrogens with one attached hydrogen (secondary N) is 2. The first-order valence-corrected chi connectivity index (χ1v) is 6.38. The first-order valence-electron chi connectivity index (χ1n) is 6.38. The lowest BCUT2D eigenvalue weighted by Crippen LogP contribution is -2.69. The third kappa shape index (κ3) is 3.46. The van der Waals surface area contributed by atoms with E-state index in [0.717, 1.165) is 0 Å². The van der Waals surface area contributed by atoms with E-state index in [1.54, 1.807) is 13.8 Å². The average molecular weight is 286 g/mol. The van der Waals surface area contributed by atoms with Gasteiger partial charge >= 0.3 is 11.9 Å². The van der Waals surface area contributed by atoms with Gasteiger partial charge in [-0.15, -0.1) is 0 Å². The third-order valence-electron chi connectivity index (χ3n) is 2.78. The van der Waals surface area contributed by atoms with Crippen LogP contribution in [0.4, 0.5) is 0 Å². The van der Waals surface area contributed by atoms with Crippen molar-refractivity contribution in [2.75, 3.05) is 19.8 Å². The Balaban J connectivity index is 2.88. The molecule has 1 atom stereocenters. The molecule has 1 aliphatic heterocycles. The molecule has 0 aromatic carbocycles. The van der Waals surface area contributed by atoms with Gasteiger partial charge in [0.05, 0.1) is 19.8 Å². The van der Waals surface area contributed by atoms with Crippen molar-refractivity contribution in [3.63, 3.8) is 0 Å². The van der Waals surface area contributed by atoms with Crippen LogP contribution in [0.2, 0.25) is 0 Å². The molecule has 0 aromatic heterocycles. The van der Waals surface area contributed by atoms with Gasteiger partial charge in [-0.2, -0.15) is 0 Å². The van der Waals surface area contributed by atoms with Gasteiger partial charge in [-0.25, -0.2) is 4.79 Å². The highest BCUT2D eigenvalue weighted by Crippen LogP contribution is 2.19. The molecule has 1 saturated heterocycles. The van der Waals surface area contributed by atoms with Gasteiger partial charge in [0.1, 0.15) is 0 Å². The third-order valence-corrected chi connectivity index (χ3v) is 2.78. The van der Waals surface area contributed by atoms with Crippen LogP contribution in [0, 0.1) is 0 Å². The summed E-state index contributed by atoms with van der Waals surface area (Å²) in [6.07, 6.45) is -0.386. The van der Waals surface area contributed by atoms with E-state index in [-0.39, 0.29) is 32.6 Å². The van der Waals surface area contributed by atoms with Crippen LogP contribution >= 0.6 is 0 Å². The van der Waals surface area contributed by atoms with Gasteiger partial charge in [-0.3, -0.25) is 14.4 Å². The van der Waals surface area contributed by atoms with Gasteiger partial charge < -0.3 is 20.1 Å². The Hall–Kier alpha value is -2.12. The van der Waals surface area contributed by atoms with Gasteiger partial charge in [0, 0.05) is 12.8 Å². The zero-order chi connectivity index (χ0) is 15.2. The molecule has 0 aromatic rings. The van der Waals surface area contributed by atoms with Crippen LogP contribution in [0.5, 0.6) is 0 Å². The number of carbonyl (C=O) groups is 4. The number of carbonyl (C=O) groups excluding carboxylic acids is 4. The molecule has 0 bridgehead atoms. The minimum Gasteiger partial charge on any atom is -0.466 e. The van der Waals surface area contributed by atoms with Crippen LogP contribution < -0.4 is 10.6 Å². The smallest absolute Gasteiger partial charge is 0.341 e. The molecule has 2 N–H and O–H groups in total. The van der Waals surface area contributed by atoms with Gasteiger partial charge in [0.25, 0.3) is 5.91 Å². The number of rotatable bonds is 6. The molecular formula is C12H18N2O6. The summed E-state index contributed by atoms with van der Waals surface area (Å²) >= 11 is 0. The highest BCUT2D eigenvalue weighted by molar-refractivity contribution is 6.13. The summed E-state index contributed by atoms with van der Waals surface area (Å²) < 4.78 is 9.57. The molecule has 1 fully saturated rings. The minimum atomic E-state index is -1.86. The molecule has 1 rings (SSSR count). The second-order valence-corrected chi connectivity index (χ2v) is 4.16. The van der Waals surface area contributed by atoms with Crippen LogP contribution in [0.3, 0.4) is 0 Å². The minimum absolute atomic E-state index is 0.0587. The van der Waals surface area contributed by atoms with E-state index in [0.29, 0.717) is 0 Å². The monoisotopic (exact) mass is 286 g/mol. The zero-order valence-corrected chi connectivity index (χ0v) is 11.5. The van der Waals surface area contributed by atoms with E-state index in [2.05, 4.69) is 10.6 Å². The summed E-state index contributed by atoms with van der Waals surface area (Å²) in [7, 11) is 0. The molecule has 8 heteroatoms. The Morgan fingerprint density at radius 1 is 1.20 bits per heavy atom. The topological polar surface area (TPSA) is 111 Å². The van der Waals surface area contributed by atoms with E-state index >= 15 is 0 Å². The van der Waals surface area contributed by atoms with E-state index in [9.17, 15) is 19.2 Å². The largest absolute Gasteiger partial charge is 0.466 e. The van der Waals surface area contributed by atoms with Crippen molar-refractivity contribution in [2.45, 2.75) is 32.2 Å². The Bertz CT molecular complexity index is 422. The lowest BCUT2D eigenvalue weighted by Gasteiger charge is -2.34. The molecule has 1 aliphatic rings. The molecule has 112 valence electrons. The molecule has 0 radical (unpaired) electrons. The number of piperazine rings is 1. The second-order valence-electron chi connectivity index (χ2n) is 4.16. The fourth-order valence-corrected chi connectivity index (χ4v) is 1.85. The SMILES string of the molecule is CCOC(=O)CC[C@]1(C(=O)OCC)NC(=O)CNC1=O. The van der Waals surface area contributed by atoms with Crippen LogP contribution in [-0.4, -0.2) is 49.1 Å². The van der Waals surface area contributed by atoms with Gasteiger partial charge in [0.2, 0.25) is 11.4 Å². The Morgan fingerprint density at radius 3 is 2.45 bits per heavy atom. The highest BCUT2D eigenvalue weighted by atomic mass is 16.5. The van der Waals surface area contributed by atoms with Gasteiger partial charge in [-0.05, 0) is 13.8 Å². The molecular weight excluding hydrogens is 268 g/mol. The van der Waals surface area contributed by atoms with Gasteiger partial charge in [0.15, 0.2) is 0 Å². The zero-order valence-electron chi connectivity index (χ0n) is 11.5. The van der Waals surface area contributed by atoms with Crippen molar-refractivity contribution in [1.82, 2.24) is 10.6 Å². The fourth-order valence-electron chi connectivity index (χ4n) is 1.85. The summed E-state index contributed by atoms with van der Waals surface area (Å²) in [6.45, 7) is 3.28. The summed E-state index contributed by atoms with van der Waals surface area (Å²) in [6, 6.07) is 0. The maximum Gasteiger partial charge on any atom is 0.341 e. The first kappa shape index (κ1) is 15.9. The first-order chi connectivity index (χ1) is 9.46. The van der Waals surface area contributed by atoms with E-state index in [1.807, 2.05) is 0 Å². The number of hydrogen-bond acceptors (Lipinski definition) is 6. The summed E-state index contributed by atoms with van der Waals surface area (Å²) in [4.78, 5) is 46.8. The highest BCUT2D eigenvalue weighted by Gasteiger charge is 2.51. The number of ether oxygens (including phenoxy) is 2. The van der Waals surface area contributed by atoms with Crippen molar-refractivity contribution in [1.29, 1.82) is 0 Å². The number of amides is 2. The summed E-state index contributed by atoms with van der Waals surface area (Å²) in [5, 5.41) is 4.64.